The highest BCUT2D eigenvalue weighted by atomic mass is 35.5. The molecule has 0 saturated carbocycles. The van der Waals surface area contributed by atoms with Crippen LogP contribution in [0.2, 0.25) is 5.02 Å². The van der Waals surface area contributed by atoms with Gasteiger partial charge in [0.25, 0.3) is 5.91 Å². The van der Waals surface area contributed by atoms with Crippen molar-refractivity contribution >= 4 is 45.0 Å². The van der Waals surface area contributed by atoms with Crippen molar-refractivity contribution < 1.29 is 14.3 Å². The van der Waals surface area contributed by atoms with Crippen LogP contribution < -0.4 is 4.80 Å². The van der Waals surface area contributed by atoms with Crippen LogP contribution in [0.3, 0.4) is 0 Å². The average Bonchev–Trinajstić information content (AvgIpc) is 2.91. The predicted octanol–water partition coefficient (Wildman–Crippen LogP) is 3.27. The molecule has 1 heterocycles. The standard InChI is InChI=1S/C17H13ClN2O3S/c1-23-15(21)10-20-13-8-7-12(18)9-14(13)24-17(20)19-16(22)11-5-3-2-4-6-11/h2-9H,10H2,1H3. The average molecular weight is 361 g/mol. The Labute approximate surface area is 146 Å². The molecule has 5 nitrogen and oxygen atoms in total. The Balaban J connectivity index is 2.15. The van der Waals surface area contributed by atoms with Gasteiger partial charge in [-0.2, -0.15) is 4.99 Å². The summed E-state index contributed by atoms with van der Waals surface area (Å²) in [7, 11) is 1.32. The van der Waals surface area contributed by atoms with Gasteiger partial charge in [0.1, 0.15) is 6.54 Å². The van der Waals surface area contributed by atoms with E-state index in [2.05, 4.69) is 4.99 Å². The zero-order chi connectivity index (χ0) is 17.1. The Morgan fingerprint density at radius 2 is 1.96 bits per heavy atom. The van der Waals surface area contributed by atoms with E-state index in [0.717, 1.165) is 10.2 Å². The van der Waals surface area contributed by atoms with E-state index >= 15 is 0 Å². The molecule has 0 aliphatic carbocycles. The second-order valence-electron chi connectivity index (χ2n) is 4.94. The van der Waals surface area contributed by atoms with Crippen molar-refractivity contribution in [3.8, 4) is 0 Å². The lowest BCUT2D eigenvalue weighted by Gasteiger charge is -2.03. The Kier molecular flexibility index (Phi) is 4.78. The number of aromatic nitrogens is 1. The molecule has 0 unspecified atom stereocenters. The minimum absolute atomic E-state index is 0.0287. The molecular formula is C17H13ClN2O3S. The van der Waals surface area contributed by atoms with E-state index in [1.54, 1.807) is 47.0 Å². The number of methoxy groups -OCH3 is 1. The minimum atomic E-state index is -0.418. The number of ether oxygens (including phenoxy) is 1. The van der Waals surface area contributed by atoms with Gasteiger partial charge in [0.15, 0.2) is 4.80 Å². The van der Waals surface area contributed by atoms with Crippen LogP contribution in [-0.4, -0.2) is 23.6 Å². The van der Waals surface area contributed by atoms with E-state index in [1.165, 1.54) is 18.4 Å². The second-order valence-corrected chi connectivity index (χ2v) is 6.39. The number of hydrogen-bond acceptors (Lipinski definition) is 4. The molecule has 1 amide bonds. The maximum atomic E-state index is 12.3. The van der Waals surface area contributed by atoms with E-state index in [-0.39, 0.29) is 12.5 Å². The Bertz CT molecular complexity index is 976. The Morgan fingerprint density at radius 3 is 2.67 bits per heavy atom. The van der Waals surface area contributed by atoms with E-state index in [4.69, 9.17) is 16.3 Å². The van der Waals surface area contributed by atoms with Gasteiger partial charge in [-0.05, 0) is 30.3 Å². The predicted molar refractivity (Wildman–Crippen MR) is 93.2 cm³/mol. The van der Waals surface area contributed by atoms with E-state index < -0.39 is 5.97 Å². The molecule has 1 aromatic heterocycles. The number of carbonyl (C=O) groups is 2. The van der Waals surface area contributed by atoms with Crippen LogP contribution in [-0.2, 0) is 16.1 Å². The van der Waals surface area contributed by atoms with Crippen molar-refractivity contribution in [3.63, 3.8) is 0 Å². The molecule has 0 bridgehead atoms. The van der Waals surface area contributed by atoms with Gasteiger partial charge >= 0.3 is 5.97 Å². The zero-order valence-electron chi connectivity index (χ0n) is 12.7. The van der Waals surface area contributed by atoms with Crippen molar-refractivity contribution in [1.29, 1.82) is 0 Å². The highest BCUT2D eigenvalue weighted by Gasteiger charge is 2.12. The molecule has 0 atom stereocenters. The summed E-state index contributed by atoms with van der Waals surface area (Å²) in [4.78, 5) is 28.7. The van der Waals surface area contributed by atoms with Crippen molar-refractivity contribution in [2.45, 2.75) is 6.54 Å². The van der Waals surface area contributed by atoms with E-state index in [9.17, 15) is 9.59 Å². The number of carbonyl (C=O) groups excluding carboxylic acids is 2. The molecule has 0 spiro atoms. The molecular weight excluding hydrogens is 348 g/mol. The summed E-state index contributed by atoms with van der Waals surface area (Å²) in [5.74, 6) is -0.787. The number of halogens is 1. The van der Waals surface area contributed by atoms with Crippen LogP contribution in [0.5, 0.6) is 0 Å². The van der Waals surface area contributed by atoms with Gasteiger partial charge in [-0.15, -0.1) is 0 Å². The third-order valence-electron chi connectivity index (χ3n) is 3.38. The number of benzene rings is 2. The quantitative estimate of drug-likeness (QED) is 0.673. The number of hydrogen-bond donors (Lipinski definition) is 0. The lowest BCUT2D eigenvalue weighted by Crippen LogP contribution is -2.22. The summed E-state index contributed by atoms with van der Waals surface area (Å²) in [6.45, 7) is -0.0287. The lowest BCUT2D eigenvalue weighted by atomic mass is 10.2. The SMILES string of the molecule is COC(=O)Cn1c(=NC(=O)c2ccccc2)sc2cc(Cl)ccc21. The maximum Gasteiger partial charge on any atom is 0.325 e. The fourth-order valence-electron chi connectivity index (χ4n) is 2.21. The molecule has 122 valence electrons. The fraction of sp³-hybridized carbons (Fsp3) is 0.118. The molecule has 2 aromatic carbocycles. The number of thiazole rings is 1. The summed E-state index contributed by atoms with van der Waals surface area (Å²) >= 11 is 7.32. The summed E-state index contributed by atoms with van der Waals surface area (Å²) in [5.41, 5.74) is 1.26. The van der Waals surface area contributed by atoms with Crippen LogP contribution in [0.15, 0.2) is 53.5 Å². The number of amides is 1. The van der Waals surface area contributed by atoms with Gasteiger partial charge < -0.3 is 9.30 Å². The fourth-order valence-corrected chi connectivity index (χ4v) is 3.51. The second kappa shape index (κ2) is 6.98. The molecule has 7 heteroatoms. The van der Waals surface area contributed by atoms with E-state index in [1.807, 2.05) is 6.07 Å². The highest BCUT2D eigenvalue weighted by molar-refractivity contribution is 7.16. The minimum Gasteiger partial charge on any atom is -0.468 e. The smallest absolute Gasteiger partial charge is 0.325 e. The third-order valence-corrected chi connectivity index (χ3v) is 4.65. The topological polar surface area (TPSA) is 60.7 Å². The van der Waals surface area contributed by atoms with Crippen LogP contribution in [0.4, 0.5) is 0 Å². The molecule has 0 aliphatic rings. The summed E-state index contributed by atoms with van der Waals surface area (Å²) in [5, 5.41) is 0.579. The van der Waals surface area contributed by atoms with Gasteiger partial charge in [-0.1, -0.05) is 41.1 Å². The van der Waals surface area contributed by atoms with Gasteiger partial charge in [0.05, 0.1) is 17.3 Å². The van der Waals surface area contributed by atoms with Crippen LogP contribution >= 0.6 is 22.9 Å². The zero-order valence-corrected chi connectivity index (χ0v) is 14.3. The van der Waals surface area contributed by atoms with Crippen LogP contribution in [0.25, 0.3) is 10.2 Å². The molecule has 0 saturated heterocycles. The van der Waals surface area contributed by atoms with Crippen molar-refractivity contribution in [3.05, 3.63) is 63.9 Å². The van der Waals surface area contributed by atoms with E-state index in [0.29, 0.717) is 15.4 Å². The molecule has 0 fully saturated rings. The molecule has 0 radical (unpaired) electrons. The number of nitrogens with zero attached hydrogens (tertiary/aromatic N) is 2. The van der Waals surface area contributed by atoms with Gasteiger partial charge in [-0.25, -0.2) is 0 Å². The Morgan fingerprint density at radius 1 is 1.21 bits per heavy atom. The van der Waals surface area contributed by atoms with Gasteiger partial charge in [0.2, 0.25) is 0 Å². The van der Waals surface area contributed by atoms with Crippen molar-refractivity contribution in [2.24, 2.45) is 4.99 Å². The van der Waals surface area contributed by atoms with Crippen molar-refractivity contribution in [1.82, 2.24) is 4.57 Å². The summed E-state index contributed by atoms with van der Waals surface area (Å²) in [6.07, 6.45) is 0. The molecule has 3 rings (SSSR count). The number of fused-ring (bicyclic) bond motifs is 1. The monoisotopic (exact) mass is 360 g/mol. The molecule has 0 aliphatic heterocycles. The first-order chi connectivity index (χ1) is 11.6. The lowest BCUT2D eigenvalue weighted by molar-refractivity contribution is -0.141. The van der Waals surface area contributed by atoms with Crippen LogP contribution in [0, 0.1) is 0 Å². The molecule has 3 aromatic rings. The highest BCUT2D eigenvalue weighted by Crippen LogP contribution is 2.22. The maximum absolute atomic E-state index is 12.3. The first-order valence-electron chi connectivity index (χ1n) is 7.08. The largest absolute Gasteiger partial charge is 0.468 e. The van der Waals surface area contributed by atoms with Gasteiger partial charge in [-0.3, -0.25) is 9.59 Å². The number of rotatable bonds is 3. The molecule has 24 heavy (non-hydrogen) atoms. The summed E-state index contributed by atoms with van der Waals surface area (Å²) < 4.78 is 7.23. The molecule has 0 N–H and O–H groups in total. The van der Waals surface area contributed by atoms with Gasteiger partial charge in [0, 0.05) is 10.6 Å². The first-order valence-corrected chi connectivity index (χ1v) is 8.28. The normalized spacial score (nSPS) is 11.7. The summed E-state index contributed by atoms with van der Waals surface area (Å²) in [6, 6.07) is 14.1. The number of esters is 1. The third kappa shape index (κ3) is 3.39. The Hall–Kier alpha value is -2.44. The first kappa shape index (κ1) is 16.4. The van der Waals surface area contributed by atoms with Crippen LogP contribution in [0.1, 0.15) is 10.4 Å². The van der Waals surface area contributed by atoms with Crippen molar-refractivity contribution in [2.75, 3.05) is 7.11 Å².